The molecule has 0 atom stereocenters. The number of sulfonamides is 1. The summed E-state index contributed by atoms with van der Waals surface area (Å²) in [7, 11) is -3.07. The smallest absolute Gasteiger partial charge is 0.208 e. The topological polar surface area (TPSA) is 73.2 Å². The fourth-order valence-electron chi connectivity index (χ4n) is 1.96. The standard InChI is InChI=1S/C10H19N3O2S/c1-16(14,15)12-10-4-8-13(9-5-10)7-3-2-6-11/h10,12H,2-5,7-9H2,1H3. The Balaban J connectivity index is 2.21. The van der Waals surface area contributed by atoms with Crippen LogP contribution in [0.3, 0.4) is 0 Å². The Bertz CT molecular complexity index is 340. The van der Waals surface area contributed by atoms with Crippen molar-refractivity contribution in [2.45, 2.75) is 31.7 Å². The first-order valence-electron chi connectivity index (χ1n) is 5.58. The highest BCUT2D eigenvalue weighted by Crippen LogP contribution is 2.11. The highest BCUT2D eigenvalue weighted by Gasteiger charge is 2.20. The number of unbranched alkanes of at least 4 members (excludes halogenated alkanes) is 1. The summed E-state index contributed by atoms with van der Waals surface area (Å²) in [6, 6.07) is 2.21. The molecule has 1 N–H and O–H groups in total. The van der Waals surface area contributed by atoms with Crippen molar-refractivity contribution in [3.8, 4) is 6.07 Å². The fourth-order valence-corrected chi connectivity index (χ4v) is 2.80. The minimum atomic E-state index is -3.07. The van der Waals surface area contributed by atoms with Gasteiger partial charge in [-0.3, -0.25) is 0 Å². The normalized spacial score (nSPS) is 19.5. The average Bonchev–Trinajstić information content (AvgIpc) is 2.19. The molecule has 0 saturated carbocycles. The van der Waals surface area contributed by atoms with Gasteiger partial charge in [-0.1, -0.05) is 0 Å². The SMILES string of the molecule is CS(=O)(=O)NC1CCN(CCCC#N)CC1. The van der Waals surface area contributed by atoms with Crippen LogP contribution in [-0.4, -0.2) is 45.2 Å². The maximum absolute atomic E-state index is 11.0. The maximum Gasteiger partial charge on any atom is 0.208 e. The van der Waals surface area contributed by atoms with Crippen LogP contribution in [0.5, 0.6) is 0 Å². The summed E-state index contributed by atoms with van der Waals surface area (Å²) in [6.45, 7) is 2.77. The van der Waals surface area contributed by atoms with Crippen LogP contribution >= 0.6 is 0 Å². The zero-order chi connectivity index (χ0) is 12.0. The number of hydrogen-bond donors (Lipinski definition) is 1. The van der Waals surface area contributed by atoms with Crippen molar-refractivity contribution >= 4 is 10.0 Å². The summed E-state index contributed by atoms with van der Waals surface area (Å²) in [5.41, 5.74) is 0. The van der Waals surface area contributed by atoms with E-state index in [2.05, 4.69) is 15.7 Å². The second-order valence-corrected chi connectivity index (χ2v) is 6.05. The third-order valence-electron chi connectivity index (χ3n) is 2.73. The Kier molecular flexibility index (Phi) is 5.19. The molecule has 0 amide bonds. The Morgan fingerprint density at radius 3 is 2.56 bits per heavy atom. The number of nitrogens with zero attached hydrogens (tertiary/aromatic N) is 2. The van der Waals surface area contributed by atoms with Crippen molar-refractivity contribution < 1.29 is 8.42 Å². The van der Waals surface area contributed by atoms with E-state index in [-0.39, 0.29) is 6.04 Å². The monoisotopic (exact) mass is 245 g/mol. The molecule has 1 saturated heterocycles. The summed E-state index contributed by atoms with van der Waals surface area (Å²) in [4.78, 5) is 2.29. The van der Waals surface area contributed by atoms with Gasteiger partial charge in [0, 0.05) is 12.5 Å². The van der Waals surface area contributed by atoms with Crippen LogP contribution in [-0.2, 0) is 10.0 Å². The van der Waals surface area contributed by atoms with Crippen molar-refractivity contribution in [2.24, 2.45) is 0 Å². The molecular weight excluding hydrogens is 226 g/mol. The molecule has 0 spiro atoms. The zero-order valence-electron chi connectivity index (χ0n) is 9.65. The zero-order valence-corrected chi connectivity index (χ0v) is 10.5. The lowest BCUT2D eigenvalue weighted by molar-refractivity contribution is 0.206. The Morgan fingerprint density at radius 2 is 2.06 bits per heavy atom. The largest absolute Gasteiger partial charge is 0.303 e. The second kappa shape index (κ2) is 6.18. The van der Waals surface area contributed by atoms with E-state index in [1.54, 1.807) is 0 Å². The molecule has 0 bridgehead atoms. The molecule has 5 nitrogen and oxygen atoms in total. The third kappa shape index (κ3) is 5.45. The third-order valence-corrected chi connectivity index (χ3v) is 3.49. The molecule has 0 unspecified atom stereocenters. The molecule has 1 heterocycles. The lowest BCUT2D eigenvalue weighted by Crippen LogP contribution is -2.44. The molecule has 92 valence electrons. The lowest BCUT2D eigenvalue weighted by Gasteiger charge is -2.31. The van der Waals surface area contributed by atoms with Crippen LogP contribution in [0.25, 0.3) is 0 Å². The van der Waals surface area contributed by atoms with E-state index in [0.717, 1.165) is 38.9 Å². The van der Waals surface area contributed by atoms with Crippen molar-refractivity contribution in [1.82, 2.24) is 9.62 Å². The number of nitrogens with one attached hydrogen (secondary N) is 1. The van der Waals surface area contributed by atoms with Gasteiger partial charge in [0.15, 0.2) is 0 Å². The van der Waals surface area contributed by atoms with Gasteiger partial charge in [0.1, 0.15) is 0 Å². The van der Waals surface area contributed by atoms with E-state index in [0.29, 0.717) is 6.42 Å². The van der Waals surface area contributed by atoms with Gasteiger partial charge in [0.25, 0.3) is 0 Å². The van der Waals surface area contributed by atoms with Crippen molar-refractivity contribution in [3.63, 3.8) is 0 Å². The van der Waals surface area contributed by atoms with E-state index < -0.39 is 10.0 Å². The maximum atomic E-state index is 11.0. The van der Waals surface area contributed by atoms with E-state index >= 15 is 0 Å². The minimum Gasteiger partial charge on any atom is -0.303 e. The summed E-state index contributed by atoms with van der Waals surface area (Å²) >= 11 is 0. The summed E-state index contributed by atoms with van der Waals surface area (Å²) < 4.78 is 24.7. The quantitative estimate of drug-likeness (QED) is 0.707. The van der Waals surface area contributed by atoms with Crippen LogP contribution < -0.4 is 4.72 Å². The Morgan fingerprint density at radius 1 is 1.44 bits per heavy atom. The molecule has 0 aliphatic carbocycles. The summed E-state index contributed by atoms with van der Waals surface area (Å²) in [5, 5.41) is 8.42. The van der Waals surface area contributed by atoms with E-state index in [1.165, 1.54) is 6.26 Å². The molecule has 6 heteroatoms. The van der Waals surface area contributed by atoms with Gasteiger partial charge in [0.05, 0.1) is 12.3 Å². The van der Waals surface area contributed by atoms with E-state index in [1.807, 2.05) is 0 Å². The van der Waals surface area contributed by atoms with Gasteiger partial charge in [-0.25, -0.2) is 13.1 Å². The minimum absolute atomic E-state index is 0.0854. The first-order valence-corrected chi connectivity index (χ1v) is 7.47. The summed E-state index contributed by atoms with van der Waals surface area (Å²) in [5.74, 6) is 0. The lowest BCUT2D eigenvalue weighted by atomic mass is 10.1. The van der Waals surface area contributed by atoms with Gasteiger partial charge in [0.2, 0.25) is 10.0 Å². The molecule has 0 aromatic carbocycles. The Hall–Kier alpha value is -0.640. The molecule has 1 fully saturated rings. The molecule has 0 radical (unpaired) electrons. The highest BCUT2D eigenvalue weighted by molar-refractivity contribution is 7.88. The summed E-state index contributed by atoms with van der Waals surface area (Å²) in [6.07, 6.45) is 4.42. The number of likely N-dealkylation sites (tertiary alicyclic amines) is 1. The van der Waals surface area contributed by atoms with Gasteiger partial charge in [-0.15, -0.1) is 0 Å². The molecule has 0 aromatic heterocycles. The highest BCUT2D eigenvalue weighted by atomic mass is 32.2. The fraction of sp³-hybridized carbons (Fsp3) is 0.900. The number of hydrogen-bond acceptors (Lipinski definition) is 4. The molecule has 1 aliphatic rings. The van der Waals surface area contributed by atoms with Crippen LogP contribution in [0.4, 0.5) is 0 Å². The molecule has 1 rings (SSSR count). The molecule has 1 aliphatic heterocycles. The van der Waals surface area contributed by atoms with Crippen molar-refractivity contribution in [1.29, 1.82) is 5.26 Å². The van der Waals surface area contributed by atoms with Crippen molar-refractivity contribution in [2.75, 3.05) is 25.9 Å². The van der Waals surface area contributed by atoms with Gasteiger partial charge >= 0.3 is 0 Å². The number of nitriles is 1. The first kappa shape index (κ1) is 13.4. The second-order valence-electron chi connectivity index (χ2n) is 4.27. The van der Waals surface area contributed by atoms with E-state index in [4.69, 9.17) is 5.26 Å². The Labute approximate surface area is 97.5 Å². The van der Waals surface area contributed by atoms with Gasteiger partial charge in [-0.2, -0.15) is 5.26 Å². The van der Waals surface area contributed by atoms with Crippen LogP contribution in [0.15, 0.2) is 0 Å². The number of rotatable bonds is 5. The number of piperidine rings is 1. The van der Waals surface area contributed by atoms with Gasteiger partial charge in [-0.05, 0) is 38.9 Å². The van der Waals surface area contributed by atoms with E-state index in [9.17, 15) is 8.42 Å². The predicted molar refractivity (Wildman–Crippen MR) is 62.3 cm³/mol. The van der Waals surface area contributed by atoms with Crippen molar-refractivity contribution in [3.05, 3.63) is 0 Å². The van der Waals surface area contributed by atoms with Crippen LogP contribution in [0.2, 0.25) is 0 Å². The molecular formula is C10H19N3O2S. The molecule has 16 heavy (non-hydrogen) atoms. The van der Waals surface area contributed by atoms with Crippen LogP contribution in [0, 0.1) is 11.3 Å². The average molecular weight is 245 g/mol. The van der Waals surface area contributed by atoms with Gasteiger partial charge < -0.3 is 4.90 Å². The first-order chi connectivity index (χ1) is 7.51. The predicted octanol–water partition coefficient (Wildman–Crippen LogP) is 0.304. The molecule has 0 aromatic rings. The van der Waals surface area contributed by atoms with Crippen LogP contribution in [0.1, 0.15) is 25.7 Å².